The fourth-order valence-electron chi connectivity index (χ4n) is 2.18. The molecule has 1 aliphatic carbocycles. The minimum atomic E-state index is -0.504. The normalized spacial score (nSPS) is 13.4. The van der Waals surface area contributed by atoms with Gasteiger partial charge in [-0.25, -0.2) is 0 Å². The standard InChI is InChI=1S/C16H15N3O4/c20-13-3-1-2-12(9-13)18-16(21)10-4-7-14(17-11-5-6-11)15(8-10)19(22)23/h1-4,7-9,11,17,20H,5-6H2,(H,18,21). The van der Waals surface area contributed by atoms with Crippen LogP contribution in [0.25, 0.3) is 0 Å². The molecule has 0 spiro atoms. The summed E-state index contributed by atoms with van der Waals surface area (Å²) in [5.41, 5.74) is 0.895. The summed E-state index contributed by atoms with van der Waals surface area (Å²) < 4.78 is 0. The second-order valence-electron chi connectivity index (χ2n) is 5.41. The molecule has 1 fully saturated rings. The maximum Gasteiger partial charge on any atom is 0.293 e. The van der Waals surface area contributed by atoms with E-state index in [1.165, 1.54) is 24.3 Å². The molecule has 1 saturated carbocycles. The average Bonchev–Trinajstić information content (AvgIpc) is 3.31. The van der Waals surface area contributed by atoms with Crippen molar-refractivity contribution in [1.82, 2.24) is 0 Å². The molecule has 23 heavy (non-hydrogen) atoms. The van der Waals surface area contributed by atoms with Crippen LogP contribution in [0.4, 0.5) is 17.1 Å². The van der Waals surface area contributed by atoms with E-state index in [0.29, 0.717) is 11.4 Å². The Morgan fingerprint density at radius 2 is 2.00 bits per heavy atom. The highest BCUT2D eigenvalue weighted by Crippen LogP contribution is 2.31. The van der Waals surface area contributed by atoms with Gasteiger partial charge in [0.05, 0.1) is 4.92 Å². The Kier molecular flexibility index (Phi) is 3.84. The molecule has 0 unspecified atom stereocenters. The van der Waals surface area contributed by atoms with Gasteiger partial charge in [-0.1, -0.05) is 6.07 Å². The summed E-state index contributed by atoms with van der Waals surface area (Å²) in [7, 11) is 0. The lowest BCUT2D eigenvalue weighted by Crippen LogP contribution is -2.13. The number of amides is 1. The number of rotatable bonds is 5. The van der Waals surface area contributed by atoms with Crippen LogP contribution < -0.4 is 10.6 Å². The molecule has 2 aromatic rings. The summed E-state index contributed by atoms with van der Waals surface area (Å²) in [6.07, 6.45) is 1.99. The number of carbonyl (C=O) groups excluding carboxylic acids is 1. The quantitative estimate of drug-likeness (QED) is 0.581. The Morgan fingerprint density at radius 3 is 2.65 bits per heavy atom. The lowest BCUT2D eigenvalue weighted by atomic mass is 10.1. The Hall–Kier alpha value is -3.09. The van der Waals surface area contributed by atoms with E-state index in [4.69, 9.17) is 0 Å². The maximum absolute atomic E-state index is 12.2. The highest BCUT2D eigenvalue weighted by atomic mass is 16.6. The second kappa shape index (κ2) is 5.96. The number of hydrogen-bond acceptors (Lipinski definition) is 5. The summed E-state index contributed by atoms with van der Waals surface area (Å²) >= 11 is 0. The van der Waals surface area contributed by atoms with Crippen LogP contribution in [0.2, 0.25) is 0 Å². The van der Waals surface area contributed by atoms with Crippen molar-refractivity contribution in [2.75, 3.05) is 10.6 Å². The van der Waals surface area contributed by atoms with E-state index in [2.05, 4.69) is 10.6 Å². The van der Waals surface area contributed by atoms with E-state index in [0.717, 1.165) is 12.8 Å². The van der Waals surface area contributed by atoms with E-state index in [9.17, 15) is 20.0 Å². The number of nitro groups is 1. The summed E-state index contributed by atoms with van der Waals surface area (Å²) in [4.78, 5) is 22.9. The van der Waals surface area contributed by atoms with Gasteiger partial charge < -0.3 is 15.7 Å². The fraction of sp³-hybridized carbons (Fsp3) is 0.188. The molecule has 7 nitrogen and oxygen atoms in total. The van der Waals surface area contributed by atoms with E-state index in [1.54, 1.807) is 18.2 Å². The van der Waals surface area contributed by atoms with Crippen LogP contribution in [0.5, 0.6) is 5.75 Å². The van der Waals surface area contributed by atoms with Gasteiger partial charge in [-0.2, -0.15) is 0 Å². The molecule has 0 heterocycles. The van der Waals surface area contributed by atoms with Gasteiger partial charge in [0, 0.05) is 29.4 Å². The van der Waals surface area contributed by atoms with Crippen LogP contribution in [0, 0.1) is 10.1 Å². The molecule has 0 aromatic heterocycles. The third-order valence-electron chi connectivity index (χ3n) is 3.50. The molecular formula is C16H15N3O4. The number of nitrogens with one attached hydrogen (secondary N) is 2. The molecular weight excluding hydrogens is 298 g/mol. The van der Waals surface area contributed by atoms with E-state index in [-0.39, 0.29) is 23.0 Å². The first-order valence-electron chi connectivity index (χ1n) is 7.18. The number of anilines is 2. The largest absolute Gasteiger partial charge is 0.508 e. The zero-order valence-electron chi connectivity index (χ0n) is 12.2. The number of hydrogen-bond donors (Lipinski definition) is 3. The van der Waals surface area contributed by atoms with Crippen molar-refractivity contribution in [3.05, 3.63) is 58.1 Å². The van der Waals surface area contributed by atoms with Gasteiger partial charge in [0.1, 0.15) is 11.4 Å². The Balaban J connectivity index is 1.82. The number of phenols is 1. The molecule has 3 N–H and O–H groups in total. The molecule has 0 saturated heterocycles. The number of aromatic hydroxyl groups is 1. The Morgan fingerprint density at radius 1 is 1.22 bits per heavy atom. The monoisotopic (exact) mass is 313 g/mol. The van der Waals surface area contributed by atoms with Crippen molar-refractivity contribution in [2.24, 2.45) is 0 Å². The van der Waals surface area contributed by atoms with Crippen molar-refractivity contribution >= 4 is 23.0 Å². The number of carbonyl (C=O) groups is 1. The van der Waals surface area contributed by atoms with Gasteiger partial charge >= 0.3 is 0 Å². The predicted octanol–water partition coefficient (Wildman–Crippen LogP) is 3.13. The molecule has 0 aliphatic heterocycles. The third kappa shape index (κ3) is 3.57. The number of nitrogens with zero attached hydrogens (tertiary/aromatic N) is 1. The topological polar surface area (TPSA) is 104 Å². The highest BCUT2D eigenvalue weighted by Gasteiger charge is 2.25. The number of phenolic OH excluding ortho intramolecular Hbond substituents is 1. The highest BCUT2D eigenvalue weighted by molar-refractivity contribution is 6.05. The minimum absolute atomic E-state index is 0.0257. The summed E-state index contributed by atoms with van der Waals surface area (Å²) in [6, 6.07) is 10.7. The second-order valence-corrected chi connectivity index (χ2v) is 5.41. The van der Waals surface area contributed by atoms with E-state index in [1.807, 2.05) is 0 Å². The molecule has 118 valence electrons. The van der Waals surface area contributed by atoms with Crippen LogP contribution >= 0.6 is 0 Å². The van der Waals surface area contributed by atoms with Gasteiger partial charge in [-0.05, 0) is 37.1 Å². The third-order valence-corrected chi connectivity index (χ3v) is 3.50. The fourth-order valence-corrected chi connectivity index (χ4v) is 2.18. The number of nitro benzene ring substituents is 1. The van der Waals surface area contributed by atoms with E-state index < -0.39 is 10.8 Å². The molecule has 1 amide bonds. The number of benzene rings is 2. The van der Waals surface area contributed by atoms with Crippen molar-refractivity contribution in [3.8, 4) is 5.75 Å². The van der Waals surface area contributed by atoms with Gasteiger partial charge in [0.2, 0.25) is 0 Å². The van der Waals surface area contributed by atoms with Gasteiger partial charge in [0.15, 0.2) is 0 Å². The van der Waals surface area contributed by atoms with Crippen molar-refractivity contribution in [2.45, 2.75) is 18.9 Å². The summed E-state index contributed by atoms with van der Waals surface area (Å²) in [5, 5.41) is 26.3. The van der Waals surface area contributed by atoms with Gasteiger partial charge in [-0.15, -0.1) is 0 Å². The SMILES string of the molecule is O=C(Nc1cccc(O)c1)c1ccc(NC2CC2)c([N+](=O)[O-])c1. The lowest BCUT2D eigenvalue weighted by Gasteiger charge is -2.09. The van der Waals surface area contributed by atoms with Crippen LogP contribution in [0.15, 0.2) is 42.5 Å². The Bertz CT molecular complexity index is 772. The minimum Gasteiger partial charge on any atom is -0.508 e. The molecule has 7 heteroatoms. The van der Waals surface area contributed by atoms with Crippen molar-refractivity contribution in [3.63, 3.8) is 0 Å². The molecule has 0 bridgehead atoms. The van der Waals surface area contributed by atoms with Gasteiger partial charge in [-0.3, -0.25) is 14.9 Å². The molecule has 2 aromatic carbocycles. The van der Waals surface area contributed by atoms with Crippen LogP contribution in [0.3, 0.4) is 0 Å². The first-order valence-corrected chi connectivity index (χ1v) is 7.18. The molecule has 0 radical (unpaired) electrons. The maximum atomic E-state index is 12.2. The van der Waals surface area contributed by atoms with Crippen LogP contribution in [-0.4, -0.2) is 22.0 Å². The first-order chi connectivity index (χ1) is 11.0. The molecule has 3 rings (SSSR count). The Labute approximate surface area is 132 Å². The van der Waals surface area contributed by atoms with E-state index >= 15 is 0 Å². The zero-order chi connectivity index (χ0) is 16.4. The van der Waals surface area contributed by atoms with Gasteiger partial charge in [0.25, 0.3) is 11.6 Å². The van der Waals surface area contributed by atoms with Crippen LogP contribution in [-0.2, 0) is 0 Å². The zero-order valence-corrected chi connectivity index (χ0v) is 12.2. The molecule has 1 aliphatic rings. The summed E-state index contributed by atoms with van der Waals surface area (Å²) in [6.45, 7) is 0. The smallest absolute Gasteiger partial charge is 0.293 e. The van der Waals surface area contributed by atoms with Crippen LogP contribution in [0.1, 0.15) is 23.2 Å². The average molecular weight is 313 g/mol. The lowest BCUT2D eigenvalue weighted by molar-refractivity contribution is -0.384. The first kappa shape index (κ1) is 14.8. The molecule has 0 atom stereocenters. The predicted molar refractivity (Wildman–Crippen MR) is 85.8 cm³/mol. The van der Waals surface area contributed by atoms with Crippen molar-refractivity contribution < 1.29 is 14.8 Å². The summed E-state index contributed by atoms with van der Waals surface area (Å²) in [5.74, 6) is -0.450. The van der Waals surface area contributed by atoms with Crippen molar-refractivity contribution in [1.29, 1.82) is 0 Å².